The number of rotatable bonds is 50. The summed E-state index contributed by atoms with van der Waals surface area (Å²) in [6, 6.07) is 0. The molecule has 0 aliphatic rings. The number of esters is 2. The molecule has 62 heavy (non-hydrogen) atoms. The summed E-state index contributed by atoms with van der Waals surface area (Å²) >= 11 is 0. The summed E-state index contributed by atoms with van der Waals surface area (Å²) in [5.74, 6) is -0.406. The van der Waals surface area contributed by atoms with Crippen LogP contribution in [0.25, 0.3) is 0 Å². The van der Waals surface area contributed by atoms with E-state index in [2.05, 4.69) is 69.4 Å². The van der Waals surface area contributed by atoms with Crippen molar-refractivity contribution < 1.29 is 23.8 Å². The van der Waals surface area contributed by atoms with Crippen molar-refractivity contribution in [3.8, 4) is 0 Å². The second-order valence-corrected chi connectivity index (χ2v) is 18.1. The zero-order valence-electron chi connectivity index (χ0n) is 41.6. The Morgan fingerprint density at radius 2 is 0.710 bits per heavy atom. The maximum atomic E-state index is 12.8. The van der Waals surface area contributed by atoms with Crippen LogP contribution in [0.15, 0.2) is 48.6 Å². The van der Waals surface area contributed by atoms with Crippen molar-refractivity contribution in [2.75, 3.05) is 19.8 Å². The zero-order chi connectivity index (χ0) is 44.9. The van der Waals surface area contributed by atoms with Gasteiger partial charge in [-0.25, -0.2) is 0 Å². The van der Waals surface area contributed by atoms with E-state index in [0.29, 0.717) is 19.4 Å². The fourth-order valence-electron chi connectivity index (χ4n) is 7.76. The van der Waals surface area contributed by atoms with Crippen LogP contribution >= 0.6 is 0 Å². The molecular formula is C57H104O5. The highest BCUT2D eigenvalue weighted by atomic mass is 16.6. The van der Waals surface area contributed by atoms with Crippen molar-refractivity contribution in [1.29, 1.82) is 0 Å². The first kappa shape index (κ1) is 59.9. The monoisotopic (exact) mass is 869 g/mol. The third-order valence-corrected chi connectivity index (χ3v) is 11.8. The molecule has 0 N–H and O–H groups in total. The van der Waals surface area contributed by atoms with E-state index in [1.807, 2.05) is 0 Å². The third-order valence-electron chi connectivity index (χ3n) is 11.8. The van der Waals surface area contributed by atoms with Gasteiger partial charge in [-0.05, 0) is 77.0 Å². The van der Waals surface area contributed by atoms with E-state index in [4.69, 9.17) is 14.2 Å². The molecule has 0 aromatic rings. The van der Waals surface area contributed by atoms with Gasteiger partial charge in [-0.3, -0.25) is 9.59 Å². The van der Waals surface area contributed by atoms with Crippen LogP contribution in [0, 0.1) is 0 Å². The third kappa shape index (κ3) is 50.5. The van der Waals surface area contributed by atoms with Crippen molar-refractivity contribution in [2.45, 2.75) is 284 Å². The first-order chi connectivity index (χ1) is 30.6. The fraction of sp³-hybridized carbons (Fsp3) is 0.825. The number of carbonyl (C=O) groups is 2. The molecule has 1 unspecified atom stereocenters. The minimum atomic E-state index is -0.542. The molecule has 0 rings (SSSR count). The van der Waals surface area contributed by atoms with Gasteiger partial charge in [-0.1, -0.05) is 236 Å². The van der Waals surface area contributed by atoms with Gasteiger partial charge in [-0.15, -0.1) is 0 Å². The van der Waals surface area contributed by atoms with E-state index in [1.165, 1.54) is 186 Å². The maximum absolute atomic E-state index is 12.8. The van der Waals surface area contributed by atoms with Crippen LogP contribution in [0.2, 0.25) is 0 Å². The first-order valence-electron chi connectivity index (χ1n) is 27.2. The molecule has 5 heteroatoms. The van der Waals surface area contributed by atoms with Crippen molar-refractivity contribution in [3.63, 3.8) is 0 Å². The molecule has 0 aliphatic carbocycles. The van der Waals surface area contributed by atoms with Gasteiger partial charge in [-0.2, -0.15) is 0 Å². The Bertz CT molecular complexity index is 1030. The fourth-order valence-corrected chi connectivity index (χ4v) is 7.76. The number of ether oxygens (including phenoxy) is 3. The van der Waals surface area contributed by atoms with Crippen LogP contribution < -0.4 is 0 Å². The Morgan fingerprint density at radius 1 is 0.355 bits per heavy atom. The zero-order valence-corrected chi connectivity index (χ0v) is 41.6. The highest BCUT2D eigenvalue weighted by Gasteiger charge is 2.17. The maximum Gasteiger partial charge on any atom is 0.306 e. The van der Waals surface area contributed by atoms with Crippen LogP contribution in [-0.2, 0) is 23.8 Å². The van der Waals surface area contributed by atoms with Gasteiger partial charge < -0.3 is 14.2 Å². The van der Waals surface area contributed by atoms with Crippen molar-refractivity contribution in [1.82, 2.24) is 0 Å². The van der Waals surface area contributed by atoms with Crippen molar-refractivity contribution in [2.24, 2.45) is 0 Å². The van der Waals surface area contributed by atoms with E-state index >= 15 is 0 Å². The SMILES string of the molecule is CCC/C=C\C/C=C\CCCCCCCC(=O)OC(COCCCCCCCCCCCCCCCC)COC(=O)CCCCCCCCCCC/C=C\C/C=C\CCCCC. The normalized spacial score (nSPS) is 12.5. The largest absolute Gasteiger partial charge is 0.462 e. The number of hydrogen-bond donors (Lipinski definition) is 0. The van der Waals surface area contributed by atoms with Crippen LogP contribution in [0.4, 0.5) is 0 Å². The van der Waals surface area contributed by atoms with Crippen LogP contribution in [0.5, 0.6) is 0 Å². The van der Waals surface area contributed by atoms with E-state index in [0.717, 1.165) is 57.8 Å². The van der Waals surface area contributed by atoms with Gasteiger partial charge in [0.1, 0.15) is 6.61 Å². The summed E-state index contributed by atoms with van der Waals surface area (Å²) in [5.41, 5.74) is 0. The molecule has 1 atom stereocenters. The molecule has 0 spiro atoms. The molecule has 0 aliphatic heterocycles. The molecule has 5 nitrogen and oxygen atoms in total. The average Bonchev–Trinajstić information content (AvgIpc) is 3.27. The smallest absolute Gasteiger partial charge is 0.306 e. The number of hydrogen-bond acceptors (Lipinski definition) is 5. The lowest BCUT2D eigenvalue weighted by Crippen LogP contribution is -2.30. The van der Waals surface area contributed by atoms with Gasteiger partial charge in [0.15, 0.2) is 6.10 Å². The van der Waals surface area contributed by atoms with Crippen LogP contribution in [0.3, 0.4) is 0 Å². The molecule has 0 aromatic heterocycles. The number of carbonyl (C=O) groups excluding carboxylic acids is 2. The summed E-state index contributed by atoms with van der Waals surface area (Å²) in [5, 5.41) is 0. The summed E-state index contributed by atoms with van der Waals surface area (Å²) in [6.07, 6.45) is 65.5. The average molecular weight is 869 g/mol. The van der Waals surface area contributed by atoms with Gasteiger partial charge in [0, 0.05) is 19.4 Å². The minimum Gasteiger partial charge on any atom is -0.462 e. The second kappa shape index (κ2) is 53.2. The highest BCUT2D eigenvalue weighted by Crippen LogP contribution is 2.15. The molecule has 0 radical (unpaired) electrons. The quantitative estimate of drug-likeness (QED) is 0.0346. The molecule has 362 valence electrons. The lowest BCUT2D eigenvalue weighted by molar-refractivity contribution is -0.163. The van der Waals surface area contributed by atoms with E-state index < -0.39 is 6.10 Å². The predicted octanol–water partition coefficient (Wildman–Crippen LogP) is 18.3. The summed E-state index contributed by atoms with van der Waals surface area (Å²) in [6.45, 7) is 7.76. The molecule has 0 saturated carbocycles. The van der Waals surface area contributed by atoms with Crippen LogP contribution in [-0.4, -0.2) is 37.9 Å². The van der Waals surface area contributed by atoms with E-state index in [1.54, 1.807) is 0 Å². The molecule has 0 saturated heterocycles. The Kier molecular flexibility index (Phi) is 51.4. The predicted molar refractivity (Wildman–Crippen MR) is 270 cm³/mol. The Morgan fingerprint density at radius 3 is 1.16 bits per heavy atom. The van der Waals surface area contributed by atoms with Crippen LogP contribution in [0.1, 0.15) is 278 Å². The van der Waals surface area contributed by atoms with Crippen molar-refractivity contribution in [3.05, 3.63) is 48.6 Å². The summed E-state index contributed by atoms with van der Waals surface area (Å²) < 4.78 is 17.4. The Labute approximate surface area is 386 Å². The van der Waals surface area contributed by atoms with Gasteiger partial charge in [0.2, 0.25) is 0 Å². The van der Waals surface area contributed by atoms with Gasteiger partial charge in [0.05, 0.1) is 6.61 Å². The topological polar surface area (TPSA) is 61.8 Å². The van der Waals surface area contributed by atoms with E-state index in [9.17, 15) is 9.59 Å². The molecule has 0 heterocycles. The summed E-state index contributed by atoms with van der Waals surface area (Å²) in [7, 11) is 0. The second-order valence-electron chi connectivity index (χ2n) is 18.1. The van der Waals surface area contributed by atoms with Gasteiger partial charge in [0.25, 0.3) is 0 Å². The molecule has 0 amide bonds. The Hall–Kier alpha value is -2.14. The number of allylic oxidation sites excluding steroid dienone is 8. The molecule has 0 bridgehead atoms. The highest BCUT2D eigenvalue weighted by molar-refractivity contribution is 5.70. The lowest BCUT2D eigenvalue weighted by Gasteiger charge is -2.18. The lowest BCUT2D eigenvalue weighted by atomic mass is 10.0. The van der Waals surface area contributed by atoms with E-state index in [-0.39, 0.29) is 25.2 Å². The summed E-state index contributed by atoms with van der Waals surface area (Å²) in [4.78, 5) is 25.4. The standard InChI is InChI=1S/C57H104O5/c1-4-7-10-13-16-19-22-25-27-28-29-30-31-33-35-38-41-44-47-50-56(58)61-54-55(53-60-52-49-46-43-40-37-34-26-23-20-17-14-11-8-5-2)62-57(59)51-48-45-42-39-36-32-24-21-18-15-12-9-6-3/h12,15-16,19,21,24-25,27,55H,4-11,13-14,17-18,20,22-23,26,28-54H2,1-3H3/b15-12-,19-16-,24-21-,27-25-. The Balaban J connectivity index is 4.23. The molecule has 0 fully saturated rings. The molecular weight excluding hydrogens is 765 g/mol. The number of unbranched alkanes of at least 4 members (excludes halogenated alkanes) is 31. The minimum absolute atomic E-state index is 0.0805. The van der Waals surface area contributed by atoms with Crippen molar-refractivity contribution >= 4 is 11.9 Å². The first-order valence-corrected chi connectivity index (χ1v) is 27.2. The van der Waals surface area contributed by atoms with Gasteiger partial charge >= 0.3 is 11.9 Å². The molecule has 0 aromatic carbocycles.